The summed E-state index contributed by atoms with van der Waals surface area (Å²) in [7, 11) is 0. The van der Waals surface area contributed by atoms with Gasteiger partial charge in [0.1, 0.15) is 11.3 Å². The third kappa shape index (κ3) is 9.13. The maximum absolute atomic E-state index is 11.6. The Bertz CT molecular complexity index is 497. The Morgan fingerprint density at radius 2 is 1.62 bits per heavy atom. The number of carbonyl (C=O) groups excluding carboxylic acids is 4. The average molecular weight is 361 g/mol. The van der Waals surface area contributed by atoms with Crippen molar-refractivity contribution in [3.63, 3.8) is 0 Å². The molecule has 0 saturated carbocycles. The van der Waals surface area contributed by atoms with Gasteiger partial charge in [-0.3, -0.25) is 19.2 Å². The lowest BCUT2D eigenvalue weighted by atomic mass is 10.1. The van der Waals surface area contributed by atoms with Crippen LogP contribution in [0.3, 0.4) is 0 Å². The molecule has 2 atom stereocenters. The molecule has 1 unspecified atom stereocenters. The van der Waals surface area contributed by atoms with Crippen molar-refractivity contribution in [1.29, 1.82) is 0 Å². The van der Waals surface area contributed by atoms with Crippen molar-refractivity contribution < 1.29 is 29.1 Å². The standard InChI is InChI=1S/C14H23N3O6S/c1-3-4-5-9(14(22)23)17-11(20)7-15-10(19)6-16-13(21)12(24)8(2)18/h9,12,24H,3-7H2,1-2H3,(H,15,19)(H,16,21)(H,17,20)(H,22,23)/t9-,12?/m0/s1. The van der Waals surface area contributed by atoms with E-state index in [2.05, 4.69) is 28.6 Å². The molecule has 9 nitrogen and oxygen atoms in total. The van der Waals surface area contributed by atoms with Gasteiger partial charge in [0.25, 0.3) is 0 Å². The minimum atomic E-state index is -1.16. The van der Waals surface area contributed by atoms with Crippen molar-refractivity contribution in [2.45, 2.75) is 44.4 Å². The van der Waals surface area contributed by atoms with Crippen molar-refractivity contribution in [3.05, 3.63) is 0 Å². The highest BCUT2D eigenvalue weighted by Crippen LogP contribution is 2.00. The van der Waals surface area contributed by atoms with Crippen LogP contribution in [0.5, 0.6) is 0 Å². The van der Waals surface area contributed by atoms with E-state index >= 15 is 0 Å². The number of nitrogens with one attached hydrogen (secondary N) is 3. The molecule has 0 rings (SSSR count). The van der Waals surface area contributed by atoms with Crippen LogP contribution in [0.15, 0.2) is 0 Å². The summed E-state index contributed by atoms with van der Waals surface area (Å²) < 4.78 is 0. The van der Waals surface area contributed by atoms with Crippen molar-refractivity contribution in [1.82, 2.24) is 16.0 Å². The van der Waals surface area contributed by atoms with E-state index < -0.39 is 53.9 Å². The van der Waals surface area contributed by atoms with Crippen molar-refractivity contribution in [3.8, 4) is 0 Å². The Morgan fingerprint density at radius 3 is 2.12 bits per heavy atom. The quantitative estimate of drug-likeness (QED) is 0.233. The summed E-state index contributed by atoms with van der Waals surface area (Å²) in [6, 6.07) is -1.01. The predicted octanol–water partition coefficient (Wildman–Crippen LogP) is -1.13. The number of carboxylic acids is 1. The van der Waals surface area contributed by atoms with Gasteiger partial charge in [0.2, 0.25) is 17.7 Å². The first kappa shape index (κ1) is 21.9. The zero-order valence-electron chi connectivity index (χ0n) is 13.6. The number of Topliss-reactive ketones (excluding diaryl/α,β-unsaturated/α-hetero) is 1. The number of carbonyl (C=O) groups is 5. The summed E-state index contributed by atoms with van der Waals surface area (Å²) in [5.74, 6) is -3.60. The largest absolute Gasteiger partial charge is 0.480 e. The fourth-order valence-electron chi connectivity index (χ4n) is 1.60. The number of hydrogen-bond acceptors (Lipinski definition) is 6. The summed E-state index contributed by atoms with van der Waals surface area (Å²) >= 11 is 3.78. The molecule has 0 aromatic rings. The Kier molecular flexibility index (Phi) is 10.4. The lowest BCUT2D eigenvalue weighted by Crippen LogP contribution is -2.47. The highest BCUT2D eigenvalue weighted by molar-refractivity contribution is 7.82. The summed E-state index contributed by atoms with van der Waals surface area (Å²) in [6.45, 7) is 2.26. The molecule has 3 amide bonds. The molecule has 10 heteroatoms. The molecule has 0 saturated heterocycles. The maximum atomic E-state index is 11.6. The Morgan fingerprint density at radius 1 is 1.04 bits per heavy atom. The van der Waals surface area contributed by atoms with Crippen LogP contribution in [0.25, 0.3) is 0 Å². The number of aliphatic carboxylic acids is 1. The zero-order chi connectivity index (χ0) is 18.7. The first-order valence-electron chi connectivity index (χ1n) is 7.44. The van der Waals surface area contributed by atoms with Gasteiger partial charge in [0, 0.05) is 0 Å². The number of ketones is 1. The summed E-state index contributed by atoms with van der Waals surface area (Å²) in [4.78, 5) is 56.5. The number of thiol groups is 1. The molecule has 136 valence electrons. The molecule has 0 aromatic heterocycles. The summed E-state index contributed by atoms with van der Waals surface area (Å²) in [5.41, 5.74) is 0. The molecule has 24 heavy (non-hydrogen) atoms. The smallest absolute Gasteiger partial charge is 0.326 e. The van der Waals surface area contributed by atoms with E-state index in [1.165, 1.54) is 6.92 Å². The number of rotatable bonds is 11. The Labute approximate surface area is 145 Å². The normalized spacial score (nSPS) is 12.6. The van der Waals surface area contributed by atoms with Gasteiger partial charge in [0.15, 0.2) is 5.78 Å². The van der Waals surface area contributed by atoms with Crippen LogP contribution in [-0.4, -0.2) is 59.0 Å². The van der Waals surface area contributed by atoms with Gasteiger partial charge in [-0.15, -0.1) is 0 Å². The maximum Gasteiger partial charge on any atom is 0.326 e. The SMILES string of the molecule is CCCC[C@H](NC(=O)CNC(=O)CNC(=O)C(S)C(C)=O)C(=O)O. The topological polar surface area (TPSA) is 142 Å². The Hall–Kier alpha value is -2.10. The molecule has 0 aliphatic carbocycles. The van der Waals surface area contributed by atoms with Crippen LogP contribution in [0.1, 0.15) is 33.1 Å². The van der Waals surface area contributed by atoms with Crippen molar-refractivity contribution in [2.75, 3.05) is 13.1 Å². The highest BCUT2D eigenvalue weighted by atomic mass is 32.1. The van der Waals surface area contributed by atoms with Crippen LogP contribution in [0.4, 0.5) is 0 Å². The molecule has 0 aliphatic heterocycles. The van der Waals surface area contributed by atoms with E-state index in [0.29, 0.717) is 12.8 Å². The van der Waals surface area contributed by atoms with Crippen LogP contribution < -0.4 is 16.0 Å². The fraction of sp³-hybridized carbons (Fsp3) is 0.643. The van der Waals surface area contributed by atoms with E-state index in [9.17, 15) is 24.0 Å². The molecule has 0 heterocycles. The van der Waals surface area contributed by atoms with E-state index in [1.54, 1.807) is 0 Å². The van der Waals surface area contributed by atoms with Gasteiger partial charge in [0.05, 0.1) is 13.1 Å². The van der Waals surface area contributed by atoms with Crippen LogP contribution in [-0.2, 0) is 24.0 Å². The molecular formula is C14H23N3O6S. The molecule has 0 radical (unpaired) electrons. The molecule has 0 aliphatic rings. The van der Waals surface area contributed by atoms with E-state index in [1.807, 2.05) is 6.92 Å². The van der Waals surface area contributed by atoms with Gasteiger partial charge in [-0.1, -0.05) is 19.8 Å². The fourth-order valence-corrected chi connectivity index (χ4v) is 1.69. The minimum Gasteiger partial charge on any atom is -0.480 e. The second-order valence-corrected chi connectivity index (χ2v) is 5.62. The first-order chi connectivity index (χ1) is 11.2. The third-order valence-electron chi connectivity index (χ3n) is 2.98. The van der Waals surface area contributed by atoms with E-state index in [0.717, 1.165) is 6.42 Å². The predicted molar refractivity (Wildman–Crippen MR) is 88.6 cm³/mol. The van der Waals surface area contributed by atoms with Gasteiger partial charge >= 0.3 is 5.97 Å². The third-order valence-corrected chi connectivity index (χ3v) is 3.58. The Balaban J connectivity index is 4.16. The van der Waals surface area contributed by atoms with Gasteiger partial charge in [-0.05, 0) is 13.3 Å². The van der Waals surface area contributed by atoms with Gasteiger partial charge in [-0.2, -0.15) is 12.6 Å². The number of amides is 3. The lowest BCUT2D eigenvalue weighted by Gasteiger charge is -2.14. The lowest BCUT2D eigenvalue weighted by molar-refractivity contribution is -0.142. The first-order valence-corrected chi connectivity index (χ1v) is 7.95. The average Bonchev–Trinajstić information content (AvgIpc) is 2.53. The molecule has 0 fully saturated rings. The van der Waals surface area contributed by atoms with Crippen LogP contribution >= 0.6 is 12.6 Å². The molecule has 0 spiro atoms. The van der Waals surface area contributed by atoms with Crippen molar-refractivity contribution in [2.24, 2.45) is 0 Å². The number of carboxylic acid groups (broad SMARTS) is 1. The van der Waals surface area contributed by atoms with E-state index in [4.69, 9.17) is 5.11 Å². The number of hydrogen-bond donors (Lipinski definition) is 5. The summed E-state index contributed by atoms with van der Waals surface area (Å²) in [6.07, 6.45) is 1.75. The number of unbranched alkanes of at least 4 members (excludes halogenated alkanes) is 1. The van der Waals surface area contributed by atoms with Gasteiger partial charge < -0.3 is 21.1 Å². The van der Waals surface area contributed by atoms with E-state index in [-0.39, 0.29) is 0 Å². The highest BCUT2D eigenvalue weighted by Gasteiger charge is 2.20. The monoisotopic (exact) mass is 361 g/mol. The van der Waals surface area contributed by atoms with Gasteiger partial charge in [-0.25, -0.2) is 4.79 Å². The van der Waals surface area contributed by atoms with Crippen LogP contribution in [0.2, 0.25) is 0 Å². The zero-order valence-corrected chi connectivity index (χ0v) is 14.5. The second-order valence-electron chi connectivity index (χ2n) is 5.11. The molecule has 0 bridgehead atoms. The second kappa shape index (κ2) is 11.4. The molecular weight excluding hydrogens is 338 g/mol. The molecule has 0 aromatic carbocycles. The summed E-state index contributed by atoms with van der Waals surface area (Å²) in [5, 5.41) is 14.6. The molecule has 4 N–H and O–H groups in total. The van der Waals surface area contributed by atoms with Crippen LogP contribution in [0, 0.1) is 0 Å². The minimum absolute atomic E-state index is 0.302. The van der Waals surface area contributed by atoms with Crippen molar-refractivity contribution >= 4 is 42.1 Å².